The first-order chi connectivity index (χ1) is 18.0. The van der Waals surface area contributed by atoms with Crippen LogP contribution in [0, 0.1) is 12.7 Å². The van der Waals surface area contributed by atoms with E-state index in [0.717, 1.165) is 49.7 Å². The summed E-state index contributed by atoms with van der Waals surface area (Å²) in [7, 11) is 1.55. The average molecular weight is 508 g/mol. The fourth-order valence-electron chi connectivity index (χ4n) is 4.69. The van der Waals surface area contributed by atoms with E-state index < -0.39 is 0 Å². The number of nitrogens with zero attached hydrogens (tertiary/aromatic N) is 5. The van der Waals surface area contributed by atoms with Crippen LogP contribution < -0.4 is 15.8 Å². The van der Waals surface area contributed by atoms with Crippen LogP contribution in [0.4, 0.5) is 10.3 Å². The standard InChI is InChI=1S/C26H30FN7O3/c1-16-24-22(32-26(28)29-16)15-21(31-25(24)33-37-13-10-34-8-11-36-12-9-34)18-7-6-17(27)14-19(18)20-4-3-5-23(30-20)35-2/h3-7,14,21H,8-13,15H2,1-2H3,(H,31,33)(H2,28,29,32)/t21-/m1/s1. The van der Waals surface area contributed by atoms with Crippen LogP contribution in [-0.4, -0.2) is 72.3 Å². The molecule has 2 aliphatic rings. The minimum absolute atomic E-state index is 0.193. The van der Waals surface area contributed by atoms with Gasteiger partial charge in [-0.25, -0.2) is 19.3 Å². The Hall–Kier alpha value is -3.83. The molecular formula is C26H30FN7O3. The van der Waals surface area contributed by atoms with Gasteiger partial charge in [-0.05, 0) is 30.7 Å². The van der Waals surface area contributed by atoms with Crippen LogP contribution in [-0.2, 0) is 16.0 Å². The first kappa shape index (κ1) is 24.8. The number of oxime groups is 1. The predicted molar refractivity (Wildman–Crippen MR) is 137 cm³/mol. The summed E-state index contributed by atoms with van der Waals surface area (Å²) in [5.74, 6) is 0.793. The number of rotatable bonds is 7. The molecule has 1 saturated heterocycles. The van der Waals surface area contributed by atoms with Crippen molar-refractivity contribution in [2.24, 2.45) is 5.16 Å². The summed E-state index contributed by atoms with van der Waals surface area (Å²) in [6, 6.07) is 9.78. The zero-order chi connectivity index (χ0) is 25.8. The zero-order valence-electron chi connectivity index (χ0n) is 20.9. The summed E-state index contributed by atoms with van der Waals surface area (Å²) in [6.45, 7) is 6.25. The molecule has 2 aromatic heterocycles. The highest BCUT2D eigenvalue weighted by atomic mass is 19.1. The van der Waals surface area contributed by atoms with Crippen molar-refractivity contribution in [3.8, 4) is 17.1 Å². The van der Waals surface area contributed by atoms with E-state index in [1.54, 1.807) is 19.2 Å². The second-order valence-corrected chi connectivity index (χ2v) is 8.91. The van der Waals surface area contributed by atoms with Crippen LogP contribution in [0.25, 0.3) is 11.3 Å². The van der Waals surface area contributed by atoms with Crippen molar-refractivity contribution in [1.29, 1.82) is 0 Å². The minimum atomic E-state index is -0.359. The molecule has 0 amide bonds. The number of fused-ring (bicyclic) bond motifs is 1. The van der Waals surface area contributed by atoms with Gasteiger partial charge in [-0.1, -0.05) is 17.3 Å². The number of amidine groups is 1. The number of nitrogen functional groups attached to an aromatic ring is 1. The molecule has 0 unspecified atom stereocenters. The molecule has 1 atom stereocenters. The molecule has 5 rings (SSSR count). The second-order valence-electron chi connectivity index (χ2n) is 8.91. The molecule has 0 spiro atoms. The van der Waals surface area contributed by atoms with E-state index in [1.165, 1.54) is 12.1 Å². The maximum Gasteiger partial charge on any atom is 0.220 e. The number of nitrogens with one attached hydrogen (secondary N) is 1. The Bertz CT molecular complexity index is 1300. The van der Waals surface area contributed by atoms with Crippen molar-refractivity contribution in [2.45, 2.75) is 19.4 Å². The van der Waals surface area contributed by atoms with E-state index in [-0.39, 0.29) is 17.8 Å². The highest BCUT2D eigenvalue weighted by molar-refractivity contribution is 6.01. The number of morpholine rings is 1. The molecule has 0 bridgehead atoms. The van der Waals surface area contributed by atoms with Gasteiger partial charge in [0.2, 0.25) is 11.8 Å². The van der Waals surface area contributed by atoms with Gasteiger partial charge in [0.25, 0.3) is 0 Å². The SMILES string of the molecule is COc1cccc(-c2cc(F)ccc2[C@H]2Cc3nc(N)nc(C)c3/C(=N/OCCN3CCOCC3)N2)n1. The smallest absolute Gasteiger partial charge is 0.220 e. The molecule has 11 heteroatoms. The fourth-order valence-corrected chi connectivity index (χ4v) is 4.69. The summed E-state index contributed by atoms with van der Waals surface area (Å²) >= 11 is 0. The van der Waals surface area contributed by atoms with Gasteiger partial charge < -0.3 is 25.4 Å². The molecule has 4 heterocycles. The van der Waals surface area contributed by atoms with Crippen molar-refractivity contribution in [3.05, 3.63) is 64.7 Å². The van der Waals surface area contributed by atoms with E-state index in [9.17, 15) is 4.39 Å². The second kappa shape index (κ2) is 11.1. The molecule has 2 aliphatic heterocycles. The van der Waals surface area contributed by atoms with E-state index >= 15 is 0 Å². The van der Waals surface area contributed by atoms with E-state index in [2.05, 4.69) is 30.3 Å². The average Bonchev–Trinajstić information content (AvgIpc) is 2.91. The van der Waals surface area contributed by atoms with Gasteiger partial charge in [-0.2, -0.15) is 0 Å². The number of pyridine rings is 1. The number of aryl methyl sites for hydroxylation is 1. The van der Waals surface area contributed by atoms with Crippen molar-refractivity contribution in [1.82, 2.24) is 25.2 Å². The van der Waals surface area contributed by atoms with Gasteiger partial charge in [0, 0.05) is 37.7 Å². The molecule has 10 nitrogen and oxygen atoms in total. The number of halogens is 1. The van der Waals surface area contributed by atoms with Crippen molar-refractivity contribution in [3.63, 3.8) is 0 Å². The third-order valence-electron chi connectivity index (χ3n) is 6.49. The summed E-state index contributed by atoms with van der Waals surface area (Å²) in [6.07, 6.45) is 0.498. The molecule has 0 saturated carbocycles. The number of benzene rings is 1. The van der Waals surface area contributed by atoms with Crippen molar-refractivity contribution >= 4 is 11.8 Å². The van der Waals surface area contributed by atoms with Crippen LogP contribution in [0.5, 0.6) is 5.88 Å². The maximum absolute atomic E-state index is 14.4. The van der Waals surface area contributed by atoms with Gasteiger partial charge in [0.15, 0.2) is 5.84 Å². The van der Waals surface area contributed by atoms with Crippen LogP contribution >= 0.6 is 0 Å². The lowest BCUT2D eigenvalue weighted by atomic mass is 9.90. The molecule has 0 radical (unpaired) electrons. The third-order valence-corrected chi connectivity index (χ3v) is 6.49. The molecule has 3 aromatic rings. The maximum atomic E-state index is 14.4. The Morgan fingerprint density at radius 1 is 1.19 bits per heavy atom. The molecule has 1 fully saturated rings. The van der Waals surface area contributed by atoms with Gasteiger partial charge in [-0.15, -0.1) is 0 Å². The van der Waals surface area contributed by atoms with Gasteiger partial charge in [0.1, 0.15) is 12.4 Å². The van der Waals surface area contributed by atoms with Crippen LogP contribution in [0.3, 0.4) is 0 Å². The molecule has 194 valence electrons. The largest absolute Gasteiger partial charge is 0.481 e. The highest BCUT2D eigenvalue weighted by Crippen LogP contribution is 2.34. The number of methoxy groups -OCH3 is 1. The number of ether oxygens (including phenoxy) is 2. The minimum Gasteiger partial charge on any atom is -0.481 e. The van der Waals surface area contributed by atoms with Gasteiger partial charge in [-0.3, -0.25) is 4.90 Å². The van der Waals surface area contributed by atoms with Crippen LogP contribution in [0.2, 0.25) is 0 Å². The Kier molecular flexibility index (Phi) is 7.42. The Balaban J connectivity index is 1.46. The molecule has 37 heavy (non-hydrogen) atoms. The lowest BCUT2D eigenvalue weighted by molar-refractivity contribution is 0.0210. The Morgan fingerprint density at radius 2 is 2.03 bits per heavy atom. The molecule has 3 N–H and O–H groups in total. The summed E-state index contributed by atoms with van der Waals surface area (Å²) < 4.78 is 25.1. The fraction of sp³-hybridized carbons (Fsp3) is 0.385. The lowest BCUT2D eigenvalue weighted by Gasteiger charge is -2.30. The van der Waals surface area contributed by atoms with E-state index in [0.29, 0.717) is 41.7 Å². The van der Waals surface area contributed by atoms with Gasteiger partial charge >= 0.3 is 0 Å². The normalized spacial score (nSPS) is 18.8. The van der Waals surface area contributed by atoms with Gasteiger partial charge in [0.05, 0.1) is 49.0 Å². The van der Waals surface area contributed by atoms with Crippen molar-refractivity contribution in [2.75, 3.05) is 52.3 Å². The number of nitrogens with two attached hydrogens (primary N) is 1. The molecule has 1 aromatic carbocycles. The summed E-state index contributed by atoms with van der Waals surface area (Å²) in [5, 5.41) is 7.91. The zero-order valence-corrected chi connectivity index (χ0v) is 20.9. The predicted octanol–water partition coefficient (Wildman–Crippen LogP) is 2.47. The first-order valence-corrected chi connectivity index (χ1v) is 12.2. The number of hydrogen-bond acceptors (Lipinski definition) is 9. The molecule has 0 aliphatic carbocycles. The number of anilines is 1. The van der Waals surface area contributed by atoms with Crippen molar-refractivity contribution < 1.29 is 18.7 Å². The first-order valence-electron chi connectivity index (χ1n) is 12.2. The monoisotopic (exact) mass is 507 g/mol. The Morgan fingerprint density at radius 3 is 2.84 bits per heavy atom. The topological polar surface area (TPSA) is 120 Å². The number of hydrogen-bond donors (Lipinski definition) is 2. The third kappa shape index (κ3) is 5.62. The van der Waals surface area contributed by atoms with Crippen LogP contribution in [0.1, 0.15) is 28.6 Å². The molecular weight excluding hydrogens is 477 g/mol. The quantitative estimate of drug-likeness (QED) is 0.367. The summed E-state index contributed by atoms with van der Waals surface area (Å²) in [5.41, 5.74) is 10.3. The number of aromatic nitrogens is 3. The van der Waals surface area contributed by atoms with E-state index in [1.807, 2.05) is 19.1 Å². The highest BCUT2D eigenvalue weighted by Gasteiger charge is 2.30. The van der Waals surface area contributed by atoms with Crippen LogP contribution in [0.15, 0.2) is 41.6 Å². The lowest BCUT2D eigenvalue weighted by Crippen LogP contribution is -2.39. The Labute approximate surface area is 214 Å². The summed E-state index contributed by atoms with van der Waals surface area (Å²) in [4.78, 5) is 21.4. The van der Waals surface area contributed by atoms with E-state index in [4.69, 9.17) is 20.0 Å².